The molecule has 31 heavy (non-hydrogen) atoms. The van der Waals surface area contributed by atoms with Gasteiger partial charge in [0, 0.05) is 30.9 Å². The number of nitrogens with zero attached hydrogens (tertiary/aromatic N) is 4. The predicted molar refractivity (Wildman–Crippen MR) is 127 cm³/mol. The van der Waals surface area contributed by atoms with Crippen molar-refractivity contribution in [3.8, 4) is 0 Å². The lowest BCUT2D eigenvalue weighted by atomic mass is 9.92. The Morgan fingerprint density at radius 3 is 2.68 bits per heavy atom. The van der Waals surface area contributed by atoms with Gasteiger partial charge >= 0.3 is 6.03 Å². The second-order valence-corrected chi connectivity index (χ2v) is 8.30. The minimum Gasteiger partial charge on any atom is -0.394 e. The Balaban J connectivity index is 1.53. The third-order valence-corrected chi connectivity index (χ3v) is 5.96. The average molecular weight is 607 g/mol. The number of nitrogens with one attached hydrogen (secondary N) is 2. The van der Waals surface area contributed by atoms with Crippen LogP contribution in [0.3, 0.4) is 0 Å². The van der Waals surface area contributed by atoms with Gasteiger partial charge in [0.1, 0.15) is 5.82 Å². The topological polar surface area (TPSA) is 112 Å². The summed E-state index contributed by atoms with van der Waals surface area (Å²) >= 11 is 4.88. The van der Waals surface area contributed by atoms with Gasteiger partial charge in [-0.25, -0.2) is 9.18 Å². The Hall–Kier alpha value is -2.06. The van der Waals surface area contributed by atoms with Gasteiger partial charge in [-0.3, -0.25) is 9.48 Å². The fourth-order valence-corrected chi connectivity index (χ4v) is 3.97. The van der Waals surface area contributed by atoms with E-state index in [4.69, 9.17) is 5.11 Å². The molecule has 3 N–H and O–H groups in total. The molecule has 0 unspecified atom stereocenters. The Bertz CT molecular complexity index is 977. The number of piperidine rings is 1. The zero-order valence-electron chi connectivity index (χ0n) is 16.4. The van der Waals surface area contributed by atoms with E-state index in [2.05, 4.69) is 34.9 Å². The Morgan fingerprint density at radius 2 is 2.03 bits per heavy atom. The van der Waals surface area contributed by atoms with Crippen LogP contribution in [0, 0.1) is 11.7 Å². The van der Waals surface area contributed by atoms with E-state index in [1.54, 1.807) is 40.0 Å². The number of carbonyl (C=O) groups excluding carboxylic acids is 2. The SMILES string of the molecule is O=C(/C(=N/I)Nc1ccc(F)c(Br)c1)C1CCN(C(=O)Nc2cnn(CCO)c2)CC1. The minimum atomic E-state index is -0.392. The molecule has 0 aliphatic carbocycles. The third-order valence-electron chi connectivity index (χ3n) is 4.87. The first kappa shape index (κ1) is 23.6. The normalized spacial score (nSPS) is 15.1. The van der Waals surface area contributed by atoms with Crippen molar-refractivity contribution in [2.75, 3.05) is 30.3 Å². The van der Waals surface area contributed by atoms with Gasteiger partial charge < -0.3 is 20.6 Å². The van der Waals surface area contributed by atoms with Crippen LogP contribution < -0.4 is 10.6 Å². The van der Waals surface area contributed by atoms with Crippen molar-refractivity contribution in [3.63, 3.8) is 0 Å². The highest BCUT2D eigenvalue weighted by atomic mass is 127. The third kappa shape index (κ3) is 6.23. The first-order valence-corrected chi connectivity index (χ1v) is 11.3. The fraction of sp³-hybridized carbons (Fsp3) is 0.368. The first-order valence-electron chi connectivity index (χ1n) is 9.55. The van der Waals surface area contributed by atoms with Crippen LogP contribution in [-0.4, -0.2) is 57.1 Å². The van der Waals surface area contributed by atoms with Crippen LogP contribution in [-0.2, 0) is 11.3 Å². The molecule has 0 radical (unpaired) electrons. The van der Waals surface area contributed by atoms with E-state index in [1.165, 1.54) is 23.0 Å². The standard InChI is InChI=1S/C19H21BrFIN6O3/c20-15-9-13(1-2-16(15)21)24-18(26-22)17(30)12-3-5-27(6-4-12)19(31)25-14-10-23-28(11-14)7-8-29/h1-2,9-12,29H,3-8H2,(H,24,26)(H,25,31). The number of likely N-dealkylation sites (tertiary alicyclic amines) is 1. The van der Waals surface area contributed by atoms with E-state index in [0.717, 1.165) is 0 Å². The highest BCUT2D eigenvalue weighted by Crippen LogP contribution is 2.23. The second-order valence-electron chi connectivity index (χ2n) is 6.96. The summed E-state index contributed by atoms with van der Waals surface area (Å²) < 4.78 is 19.3. The smallest absolute Gasteiger partial charge is 0.321 e. The molecular formula is C19H21BrFIN6O3. The molecule has 0 atom stereocenters. The Labute approximate surface area is 200 Å². The molecule has 1 aromatic heterocycles. The summed E-state index contributed by atoms with van der Waals surface area (Å²) in [5.74, 6) is -0.601. The number of amides is 2. The van der Waals surface area contributed by atoms with Crippen LogP contribution in [0.5, 0.6) is 0 Å². The summed E-state index contributed by atoms with van der Waals surface area (Å²) in [5.41, 5.74) is 1.10. The molecule has 0 bridgehead atoms. The largest absolute Gasteiger partial charge is 0.394 e. The molecule has 1 aromatic carbocycles. The number of aliphatic hydroxyl groups excluding tert-OH is 1. The van der Waals surface area contributed by atoms with Crippen LogP contribution in [0.4, 0.5) is 20.6 Å². The maximum absolute atomic E-state index is 13.4. The zero-order chi connectivity index (χ0) is 22.4. The van der Waals surface area contributed by atoms with Gasteiger partial charge in [0.15, 0.2) is 5.84 Å². The van der Waals surface area contributed by atoms with Gasteiger partial charge in [-0.2, -0.15) is 8.30 Å². The molecule has 2 amide bonds. The predicted octanol–water partition coefficient (Wildman–Crippen LogP) is 3.45. The highest BCUT2D eigenvalue weighted by Gasteiger charge is 2.30. The number of rotatable bonds is 6. The van der Waals surface area contributed by atoms with E-state index in [-0.39, 0.29) is 30.2 Å². The maximum Gasteiger partial charge on any atom is 0.321 e. The van der Waals surface area contributed by atoms with E-state index in [1.807, 2.05) is 0 Å². The first-order chi connectivity index (χ1) is 14.9. The monoisotopic (exact) mass is 606 g/mol. The number of halogens is 3. The lowest BCUT2D eigenvalue weighted by molar-refractivity contribution is -0.117. The molecule has 2 heterocycles. The molecule has 0 spiro atoms. The molecule has 12 heteroatoms. The number of benzene rings is 1. The number of hydrogen-bond acceptors (Lipinski definition) is 5. The van der Waals surface area contributed by atoms with Crippen LogP contribution in [0.25, 0.3) is 0 Å². The van der Waals surface area contributed by atoms with Crippen molar-refractivity contribution >= 4 is 67.8 Å². The number of hydrogen-bond donors (Lipinski definition) is 3. The lowest BCUT2D eigenvalue weighted by Crippen LogP contribution is -2.44. The van der Waals surface area contributed by atoms with Crippen molar-refractivity contribution in [2.45, 2.75) is 19.4 Å². The Morgan fingerprint density at radius 1 is 1.29 bits per heavy atom. The number of ketones is 1. The van der Waals surface area contributed by atoms with Crippen molar-refractivity contribution in [1.29, 1.82) is 0 Å². The minimum absolute atomic E-state index is 0.0353. The summed E-state index contributed by atoms with van der Waals surface area (Å²) in [6.45, 7) is 1.19. The molecule has 2 aromatic rings. The van der Waals surface area contributed by atoms with Gasteiger partial charge in [0.2, 0.25) is 5.78 Å². The van der Waals surface area contributed by atoms with Crippen molar-refractivity contribution in [2.24, 2.45) is 9.12 Å². The van der Waals surface area contributed by atoms with Crippen LogP contribution in [0.2, 0.25) is 0 Å². The number of Topliss-reactive ketones (excluding diaryl/α,β-unsaturated/α-hetero) is 1. The number of anilines is 2. The summed E-state index contributed by atoms with van der Waals surface area (Å²) in [6, 6.07) is 4.11. The summed E-state index contributed by atoms with van der Waals surface area (Å²) in [5, 5.41) is 18.7. The molecule has 0 saturated carbocycles. The zero-order valence-corrected chi connectivity index (χ0v) is 20.1. The number of aromatic nitrogens is 2. The van der Waals surface area contributed by atoms with Crippen molar-refractivity contribution in [1.82, 2.24) is 14.7 Å². The second kappa shape index (κ2) is 11.0. The van der Waals surface area contributed by atoms with E-state index < -0.39 is 5.82 Å². The molecule has 166 valence electrons. The van der Waals surface area contributed by atoms with Crippen LogP contribution in [0.1, 0.15) is 12.8 Å². The highest BCUT2D eigenvalue weighted by molar-refractivity contribution is 14.1. The molecular weight excluding hydrogens is 586 g/mol. The summed E-state index contributed by atoms with van der Waals surface area (Å²) in [6.07, 6.45) is 4.19. The van der Waals surface area contributed by atoms with E-state index in [9.17, 15) is 14.0 Å². The van der Waals surface area contributed by atoms with E-state index >= 15 is 0 Å². The maximum atomic E-state index is 13.4. The van der Waals surface area contributed by atoms with Crippen molar-refractivity contribution < 1.29 is 19.1 Å². The van der Waals surface area contributed by atoms with Crippen molar-refractivity contribution in [3.05, 3.63) is 40.9 Å². The van der Waals surface area contributed by atoms with Gasteiger partial charge in [-0.05, 0) is 47.0 Å². The number of carbonyl (C=O) groups is 2. The molecule has 1 aliphatic rings. The fourth-order valence-electron chi connectivity index (χ4n) is 3.23. The van der Waals surface area contributed by atoms with Gasteiger partial charge in [0.05, 0.1) is 52.4 Å². The van der Waals surface area contributed by atoms with Crippen LogP contribution in [0.15, 0.2) is 38.3 Å². The summed E-state index contributed by atoms with van der Waals surface area (Å²) in [7, 11) is 0. The molecule has 1 aliphatic heterocycles. The number of urea groups is 1. The quantitative estimate of drug-likeness (QED) is 0.265. The van der Waals surface area contributed by atoms with E-state index in [0.29, 0.717) is 48.3 Å². The number of amidine groups is 1. The lowest BCUT2D eigenvalue weighted by Gasteiger charge is -2.31. The number of aliphatic hydroxyl groups is 1. The molecule has 9 nitrogen and oxygen atoms in total. The van der Waals surface area contributed by atoms with Gasteiger partial charge in [-0.15, -0.1) is 0 Å². The molecule has 1 saturated heterocycles. The van der Waals surface area contributed by atoms with Gasteiger partial charge in [0.25, 0.3) is 0 Å². The average Bonchev–Trinajstić information content (AvgIpc) is 3.21. The van der Waals surface area contributed by atoms with Crippen LogP contribution >= 0.6 is 38.8 Å². The summed E-state index contributed by atoms with van der Waals surface area (Å²) in [4.78, 5) is 27.0. The molecule has 1 fully saturated rings. The van der Waals surface area contributed by atoms with Gasteiger partial charge in [-0.1, -0.05) is 0 Å². The molecule has 3 rings (SSSR count). The Kier molecular flexibility index (Phi) is 8.37.